The van der Waals surface area contributed by atoms with Crippen LogP contribution in [0.1, 0.15) is 27.9 Å². The van der Waals surface area contributed by atoms with E-state index in [1.165, 1.54) is 36.2 Å². The number of aryl methyl sites for hydroxylation is 1. The summed E-state index contributed by atoms with van der Waals surface area (Å²) < 4.78 is 0. The Labute approximate surface area is 144 Å². The molecular weight excluding hydrogens is 296 g/mol. The minimum atomic E-state index is 0.765. The fraction of sp³-hybridized carbons (Fsp3) is 0.381. The monoisotopic (exact) mass is 322 g/mol. The maximum absolute atomic E-state index is 10.9. The lowest BCUT2D eigenvalue weighted by Gasteiger charge is -2.20. The Bertz CT molecular complexity index is 693. The first-order valence-electron chi connectivity index (χ1n) is 8.72. The molecule has 1 aliphatic rings. The van der Waals surface area contributed by atoms with Gasteiger partial charge in [0.05, 0.1) is 0 Å². The van der Waals surface area contributed by atoms with E-state index in [1.807, 2.05) is 19.1 Å². The highest BCUT2D eigenvalue weighted by molar-refractivity contribution is 5.79. The van der Waals surface area contributed by atoms with Crippen LogP contribution in [0.15, 0.2) is 42.5 Å². The van der Waals surface area contributed by atoms with Gasteiger partial charge in [0.1, 0.15) is 6.29 Å². The second kappa shape index (κ2) is 7.73. The Balaban J connectivity index is 1.69. The lowest BCUT2D eigenvalue weighted by atomic mass is 9.99. The summed E-state index contributed by atoms with van der Waals surface area (Å²) in [4.78, 5) is 15.9. The highest BCUT2D eigenvalue weighted by Crippen LogP contribution is 2.23. The zero-order valence-electron chi connectivity index (χ0n) is 14.7. The normalized spacial score (nSPS) is 16.8. The van der Waals surface area contributed by atoms with Crippen molar-refractivity contribution in [1.29, 1.82) is 0 Å². The van der Waals surface area contributed by atoms with E-state index in [0.717, 1.165) is 37.0 Å². The molecule has 1 saturated heterocycles. The van der Waals surface area contributed by atoms with Gasteiger partial charge in [-0.3, -0.25) is 9.69 Å². The van der Waals surface area contributed by atoms with Crippen LogP contribution >= 0.6 is 0 Å². The van der Waals surface area contributed by atoms with Gasteiger partial charge in [-0.25, -0.2) is 0 Å². The van der Waals surface area contributed by atoms with Crippen LogP contribution in [0, 0.1) is 6.92 Å². The minimum Gasteiger partial charge on any atom is -0.305 e. The van der Waals surface area contributed by atoms with Crippen molar-refractivity contribution in [2.45, 2.75) is 19.9 Å². The number of nitrogens with zero attached hydrogens (tertiary/aromatic N) is 2. The maximum Gasteiger partial charge on any atom is 0.150 e. The Morgan fingerprint density at radius 1 is 0.958 bits per heavy atom. The van der Waals surface area contributed by atoms with E-state index in [2.05, 4.69) is 47.2 Å². The molecule has 0 radical (unpaired) electrons. The van der Waals surface area contributed by atoms with E-state index < -0.39 is 0 Å². The molecule has 3 heteroatoms. The molecule has 1 heterocycles. The molecule has 126 valence electrons. The van der Waals surface area contributed by atoms with Crippen molar-refractivity contribution in [3.63, 3.8) is 0 Å². The fourth-order valence-electron chi connectivity index (χ4n) is 3.31. The summed E-state index contributed by atoms with van der Waals surface area (Å²) in [5.41, 5.74) is 5.53. The van der Waals surface area contributed by atoms with Crippen LogP contribution in [0.5, 0.6) is 0 Å². The van der Waals surface area contributed by atoms with Gasteiger partial charge in [-0.05, 0) is 55.7 Å². The molecule has 2 aromatic carbocycles. The van der Waals surface area contributed by atoms with Gasteiger partial charge in [-0.15, -0.1) is 0 Å². The van der Waals surface area contributed by atoms with E-state index >= 15 is 0 Å². The van der Waals surface area contributed by atoms with Crippen LogP contribution in [-0.2, 0) is 6.54 Å². The molecule has 0 aromatic heterocycles. The van der Waals surface area contributed by atoms with Crippen LogP contribution in [0.25, 0.3) is 11.1 Å². The SMILES string of the molecule is Cc1cc(-c2ccc(CN3CCCN(C)CC3)cc2)ccc1C=O. The highest BCUT2D eigenvalue weighted by Gasteiger charge is 2.12. The predicted molar refractivity (Wildman–Crippen MR) is 99.4 cm³/mol. The molecular formula is C21H26N2O. The predicted octanol–water partition coefficient (Wildman–Crippen LogP) is 3.61. The van der Waals surface area contributed by atoms with Gasteiger partial charge >= 0.3 is 0 Å². The first kappa shape index (κ1) is 16.9. The molecule has 3 rings (SSSR count). The van der Waals surface area contributed by atoms with Crippen LogP contribution in [0.4, 0.5) is 0 Å². The van der Waals surface area contributed by atoms with Crippen molar-refractivity contribution in [3.8, 4) is 11.1 Å². The molecule has 0 saturated carbocycles. The van der Waals surface area contributed by atoms with Gasteiger partial charge < -0.3 is 4.90 Å². The number of hydrogen-bond acceptors (Lipinski definition) is 3. The molecule has 3 nitrogen and oxygen atoms in total. The number of likely N-dealkylation sites (N-methyl/N-ethyl adjacent to an activating group) is 1. The van der Waals surface area contributed by atoms with Gasteiger partial charge in [0, 0.05) is 25.2 Å². The molecule has 1 fully saturated rings. The topological polar surface area (TPSA) is 23.6 Å². The van der Waals surface area contributed by atoms with E-state index in [4.69, 9.17) is 0 Å². The Hall–Kier alpha value is -1.97. The average Bonchev–Trinajstić information content (AvgIpc) is 2.80. The molecule has 0 bridgehead atoms. The van der Waals surface area contributed by atoms with Crippen molar-refractivity contribution in [2.75, 3.05) is 33.2 Å². The lowest BCUT2D eigenvalue weighted by Crippen LogP contribution is -2.28. The molecule has 0 aliphatic carbocycles. The van der Waals surface area contributed by atoms with Gasteiger partial charge in [0.25, 0.3) is 0 Å². The van der Waals surface area contributed by atoms with Crippen molar-refractivity contribution < 1.29 is 4.79 Å². The first-order chi connectivity index (χ1) is 11.7. The third-order valence-electron chi connectivity index (χ3n) is 4.90. The lowest BCUT2D eigenvalue weighted by molar-refractivity contribution is 0.112. The zero-order valence-corrected chi connectivity index (χ0v) is 14.7. The van der Waals surface area contributed by atoms with E-state index in [-0.39, 0.29) is 0 Å². The third kappa shape index (κ3) is 4.11. The van der Waals surface area contributed by atoms with E-state index in [1.54, 1.807) is 0 Å². The van der Waals surface area contributed by atoms with E-state index in [9.17, 15) is 4.79 Å². The first-order valence-corrected chi connectivity index (χ1v) is 8.72. The van der Waals surface area contributed by atoms with Crippen molar-refractivity contribution in [1.82, 2.24) is 9.80 Å². The van der Waals surface area contributed by atoms with Crippen molar-refractivity contribution >= 4 is 6.29 Å². The van der Waals surface area contributed by atoms with Crippen LogP contribution in [0.2, 0.25) is 0 Å². The third-order valence-corrected chi connectivity index (χ3v) is 4.90. The smallest absolute Gasteiger partial charge is 0.150 e. The zero-order chi connectivity index (χ0) is 16.9. The van der Waals surface area contributed by atoms with Crippen molar-refractivity contribution in [2.24, 2.45) is 0 Å². The quantitative estimate of drug-likeness (QED) is 0.803. The number of carbonyl (C=O) groups excluding carboxylic acids is 1. The number of rotatable bonds is 4. The van der Waals surface area contributed by atoms with E-state index in [0.29, 0.717) is 0 Å². The molecule has 2 aromatic rings. The Morgan fingerprint density at radius 3 is 2.42 bits per heavy atom. The minimum absolute atomic E-state index is 0.765. The molecule has 0 amide bonds. The molecule has 0 spiro atoms. The molecule has 1 aliphatic heterocycles. The Kier molecular flexibility index (Phi) is 5.44. The average molecular weight is 322 g/mol. The second-order valence-electron chi connectivity index (χ2n) is 6.82. The van der Waals surface area contributed by atoms with Gasteiger partial charge in [-0.2, -0.15) is 0 Å². The highest BCUT2D eigenvalue weighted by atomic mass is 16.1. The molecule has 24 heavy (non-hydrogen) atoms. The van der Waals surface area contributed by atoms with Crippen LogP contribution in [-0.4, -0.2) is 49.3 Å². The summed E-state index contributed by atoms with van der Waals surface area (Å²) in [5.74, 6) is 0. The van der Waals surface area contributed by atoms with Crippen molar-refractivity contribution in [3.05, 3.63) is 59.2 Å². The summed E-state index contributed by atoms with van der Waals surface area (Å²) in [7, 11) is 2.20. The largest absolute Gasteiger partial charge is 0.305 e. The number of hydrogen-bond donors (Lipinski definition) is 0. The number of benzene rings is 2. The summed E-state index contributed by atoms with van der Waals surface area (Å²) in [5, 5.41) is 0. The number of carbonyl (C=O) groups is 1. The van der Waals surface area contributed by atoms with Gasteiger partial charge in [-0.1, -0.05) is 42.5 Å². The summed E-state index contributed by atoms with van der Waals surface area (Å²) in [6.07, 6.45) is 2.16. The second-order valence-corrected chi connectivity index (χ2v) is 6.82. The van der Waals surface area contributed by atoms with Crippen LogP contribution < -0.4 is 0 Å². The standard InChI is InChI=1S/C21H26N2O/c1-17-14-20(8-9-21(17)16-24)19-6-4-18(5-7-19)15-23-11-3-10-22(2)12-13-23/h4-9,14,16H,3,10-13,15H2,1-2H3. The molecule has 0 N–H and O–H groups in total. The fourth-order valence-corrected chi connectivity index (χ4v) is 3.31. The van der Waals surface area contributed by atoms with Gasteiger partial charge in [0.2, 0.25) is 0 Å². The number of aldehydes is 1. The Morgan fingerprint density at radius 2 is 1.71 bits per heavy atom. The van der Waals surface area contributed by atoms with Gasteiger partial charge in [0.15, 0.2) is 0 Å². The summed E-state index contributed by atoms with van der Waals surface area (Å²) in [6.45, 7) is 7.68. The molecule has 0 atom stereocenters. The van der Waals surface area contributed by atoms with Crippen LogP contribution in [0.3, 0.4) is 0 Å². The maximum atomic E-state index is 10.9. The summed E-state index contributed by atoms with van der Waals surface area (Å²) in [6, 6.07) is 14.8. The molecule has 0 unspecified atom stereocenters. The summed E-state index contributed by atoms with van der Waals surface area (Å²) >= 11 is 0.